The van der Waals surface area contributed by atoms with Gasteiger partial charge in [0, 0.05) is 46.7 Å². The largest absolute Gasteiger partial charge is 0.393 e. The molecule has 3 N–H and O–H groups in total. The Morgan fingerprint density at radius 1 is 1.09 bits per heavy atom. The highest BCUT2D eigenvalue weighted by atomic mass is 32.2. The van der Waals surface area contributed by atoms with Crippen LogP contribution in [0.4, 0.5) is 11.6 Å². The van der Waals surface area contributed by atoms with Gasteiger partial charge in [-0.15, -0.1) is 11.8 Å². The van der Waals surface area contributed by atoms with Crippen LogP contribution < -0.4 is 5.32 Å². The Hall–Kier alpha value is -2.94. The average molecular weight is 493 g/mol. The van der Waals surface area contributed by atoms with Crippen LogP contribution in [0.1, 0.15) is 43.5 Å². The summed E-state index contributed by atoms with van der Waals surface area (Å²) in [6, 6.07) is 17.4. The maximum atomic E-state index is 12.7. The normalized spacial score (nSPS) is 14.7. The summed E-state index contributed by atoms with van der Waals surface area (Å²) in [7, 11) is 0. The van der Waals surface area contributed by atoms with Crippen LogP contribution in [0.25, 0.3) is 11.3 Å². The number of carbonyl (C=O) groups excluding carboxylic acids is 1. The number of nitrogens with one attached hydrogen (secondary N) is 1. The molecule has 35 heavy (non-hydrogen) atoms. The first kappa shape index (κ1) is 25.2. The third kappa shape index (κ3) is 7.27. The molecule has 0 aliphatic carbocycles. The van der Waals surface area contributed by atoms with Crippen molar-refractivity contribution in [2.24, 2.45) is 0 Å². The summed E-state index contributed by atoms with van der Waals surface area (Å²) in [5.41, 5.74) is 2.59. The third-order valence-corrected chi connectivity index (χ3v) is 6.94. The maximum absolute atomic E-state index is 12.7. The summed E-state index contributed by atoms with van der Waals surface area (Å²) in [5.74, 6) is 1.33. The highest BCUT2D eigenvalue weighted by Gasteiger charge is 2.22. The molecule has 0 atom stereocenters. The lowest BCUT2D eigenvalue weighted by Crippen LogP contribution is -2.40. The number of aliphatic hydroxyl groups excluding tert-OH is 1. The second kappa shape index (κ2) is 11.2. The maximum Gasteiger partial charge on any atom is 0.253 e. The van der Waals surface area contributed by atoms with Crippen LogP contribution in [-0.4, -0.2) is 61.5 Å². The summed E-state index contributed by atoms with van der Waals surface area (Å²) in [6.45, 7) is 4.82. The molecule has 0 bridgehead atoms. The highest BCUT2D eigenvalue weighted by molar-refractivity contribution is 7.99. The van der Waals surface area contributed by atoms with Gasteiger partial charge in [0.05, 0.1) is 17.4 Å². The minimum atomic E-state index is -0.648. The average Bonchev–Trinajstić information content (AvgIpc) is 2.84. The standard InChI is InChI=1S/C27H32N4O3S/c1-27(2,34)14-18-35-23-9-5-19(6-10-23)24-11-15-28-26(30-24)29-21-7-3-20(4-8-21)25(33)31-16-12-22(32)13-17-31/h3-11,15,22,32,34H,12-14,16-18H2,1-2H3,(H,28,29,30). The zero-order valence-electron chi connectivity index (χ0n) is 20.1. The molecule has 4 rings (SSSR count). The van der Waals surface area contributed by atoms with Gasteiger partial charge in [0.1, 0.15) is 0 Å². The molecular weight excluding hydrogens is 460 g/mol. The summed E-state index contributed by atoms with van der Waals surface area (Å²) >= 11 is 1.73. The van der Waals surface area contributed by atoms with Gasteiger partial charge in [-0.2, -0.15) is 0 Å². The molecule has 0 unspecified atom stereocenters. The van der Waals surface area contributed by atoms with E-state index in [9.17, 15) is 15.0 Å². The van der Waals surface area contributed by atoms with Gasteiger partial charge in [-0.3, -0.25) is 4.79 Å². The van der Waals surface area contributed by atoms with Crippen molar-refractivity contribution in [2.75, 3.05) is 24.2 Å². The molecule has 8 heteroatoms. The molecule has 1 amide bonds. The molecule has 0 radical (unpaired) electrons. The predicted molar refractivity (Wildman–Crippen MR) is 140 cm³/mol. The molecule has 1 aromatic heterocycles. The summed E-state index contributed by atoms with van der Waals surface area (Å²) in [5, 5.41) is 22.7. The van der Waals surface area contributed by atoms with Crippen molar-refractivity contribution in [1.82, 2.24) is 14.9 Å². The van der Waals surface area contributed by atoms with E-state index in [4.69, 9.17) is 0 Å². The fourth-order valence-electron chi connectivity index (χ4n) is 3.80. The zero-order valence-corrected chi connectivity index (χ0v) is 21.0. The SMILES string of the molecule is CC(C)(O)CCSc1ccc(-c2ccnc(Nc3ccc(C(=O)N4CCC(O)CC4)cc3)n2)cc1. The molecule has 3 aromatic rings. The quantitative estimate of drug-likeness (QED) is 0.391. The van der Waals surface area contributed by atoms with Crippen molar-refractivity contribution in [1.29, 1.82) is 0 Å². The van der Waals surface area contributed by atoms with Gasteiger partial charge < -0.3 is 20.4 Å². The van der Waals surface area contributed by atoms with Crippen molar-refractivity contribution in [3.63, 3.8) is 0 Å². The van der Waals surface area contributed by atoms with Crippen molar-refractivity contribution >= 4 is 29.3 Å². The highest BCUT2D eigenvalue weighted by Crippen LogP contribution is 2.26. The van der Waals surface area contributed by atoms with Crippen LogP contribution in [0, 0.1) is 0 Å². The second-order valence-electron chi connectivity index (χ2n) is 9.43. The van der Waals surface area contributed by atoms with Crippen molar-refractivity contribution in [3.05, 3.63) is 66.4 Å². The first-order valence-electron chi connectivity index (χ1n) is 11.9. The van der Waals surface area contributed by atoms with Gasteiger partial charge in [0.2, 0.25) is 5.95 Å². The number of hydrogen-bond donors (Lipinski definition) is 3. The molecule has 1 fully saturated rings. The van der Waals surface area contributed by atoms with Crippen LogP contribution in [-0.2, 0) is 0 Å². The summed E-state index contributed by atoms with van der Waals surface area (Å²) < 4.78 is 0. The Labute approximate surface area is 210 Å². The number of likely N-dealkylation sites (tertiary alicyclic amines) is 1. The number of benzene rings is 2. The van der Waals surface area contributed by atoms with Gasteiger partial charge in [-0.25, -0.2) is 9.97 Å². The van der Waals surface area contributed by atoms with E-state index in [-0.39, 0.29) is 12.0 Å². The number of amides is 1. The van der Waals surface area contributed by atoms with Crippen LogP contribution in [0.3, 0.4) is 0 Å². The third-order valence-electron chi connectivity index (χ3n) is 5.93. The minimum absolute atomic E-state index is 0.0108. The molecule has 0 saturated carbocycles. The van der Waals surface area contributed by atoms with Gasteiger partial charge in [0.15, 0.2) is 0 Å². The molecule has 1 aliphatic heterocycles. The lowest BCUT2D eigenvalue weighted by molar-refractivity contribution is 0.0546. The molecule has 1 aliphatic rings. The molecule has 0 spiro atoms. The van der Waals surface area contributed by atoms with Crippen LogP contribution in [0.5, 0.6) is 0 Å². The van der Waals surface area contributed by atoms with Crippen molar-refractivity contribution in [3.8, 4) is 11.3 Å². The number of anilines is 2. The summed E-state index contributed by atoms with van der Waals surface area (Å²) in [6.07, 6.45) is 3.41. The van der Waals surface area contributed by atoms with E-state index < -0.39 is 5.60 Å². The number of rotatable bonds is 8. The van der Waals surface area contributed by atoms with E-state index >= 15 is 0 Å². The number of piperidine rings is 1. The second-order valence-corrected chi connectivity index (χ2v) is 10.6. The van der Waals surface area contributed by atoms with Crippen LogP contribution in [0.15, 0.2) is 65.7 Å². The number of thioether (sulfide) groups is 1. The predicted octanol–water partition coefficient (Wildman–Crippen LogP) is 4.74. The van der Waals surface area contributed by atoms with Gasteiger partial charge in [-0.05, 0) is 75.6 Å². The number of aliphatic hydroxyl groups is 2. The Morgan fingerprint density at radius 2 is 1.77 bits per heavy atom. The lowest BCUT2D eigenvalue weighted by atomic mass is 10.1. The Morgan fingerprint density at radius 3 is 2.43 bits per heavy atom. The van der Waals surface area contributed by atoms with Gasteiger partial charge in [-0.1, -0.05) is 12.1 Å². The Balaban J connectivity index is 1.36. The fraction of sp³-hybridized carbons (Fsp3) is 0.370. The molecule has 1 saturated heterocycles. The van der Waals surface area contributed by atoms with E-state index in [2.05, 4.69) is 27.4 Å². The first-order chi connectivity index (χ1) is 16.8. The van der Waals surface area contributed by atoms with E-state index in [1.165, 1.54) is 0 Å². The fourth-order valence-corrected chi connectivity index (χ4v) is 4.96. The molecule has 7 nitrogen and oxygen atoms in total. The first-order valence-corrected chi connectivity index (χ1v) is 12.9. The Kier molecular flexibility index (Phi) is 8.05. The summed E-state index contributed by atoms with van der Waals surface area (Å²) in [4.78, 5) is 24.6. The topological polar surface area (TPSA) is 98.6 Å². The molecular formula is C27H32N4O3S. The number of hydrogen-bond acceptors (Lipinski definition) is 7. The van der Waals surface area contributed by atoms with Crippen LogP contribution >= 0.6 is 11.8 Å². The number of nitrogens with zero attached hydrogens (tertiary/aromatic N) is 3. The Bertz CT molecular complexity index is 1120. The van der Waals surface area contributed by atoms with Crippen molar-refractivity contribution < 1.29 is 15.0 Å². The lowest BCUT2D eigenvalue weighted by Gasteiger charge is -2.29. The van der Waals surface area contributed by atoms with Crippen molar-refractivity contribution in [2.45, 2.75) is 49.7 Å². The molecule has 184 valence electrons. The van der Waals surface area contributed by atoms with E-state index in [1.54, 1.807) is 35.0 Å². The number of aromatic nitrogens is 2. The number of carbonyl (C=O) groups is 1. The van der Waals surface area contributed by atoms with E-state index in [1.807, 2.05) is 44.2 Å². The smallest absolute Gasteiger partial charge is 0.253 e. The monoisotopic (exact) mass is 492 g/mol. The molecule has 2 aromatic carbocycles. The van der Waals surface area contributed by atoms with Gasteiger partial charge >= 0.3 is 0 Å². The molecule has 2 heterocycles. The van der Waals surface area contributed by atoms with Gasteiger partial charge in [0.25, 0.3) is 5.91 Å². The van der Waals surface area contributed by atoms with E-state index in [0.717, 1.165) is 34.0 Å². The minimum Gasteiger partial charge on any atom is -0.393 e. The van der Waals surface area contributed by atoms with E-state index in [0.29, 0.717) is 37.4 Å². The van der Waals surface area contributed by atoms with Crippen LogP contribution in [0.2, 0.25) is 0 Å². The zero-order chi connectivity index (χ0) is 24.8.